The number of benzene rings is 3. The normalized spacial score (nSPS) is 16.7. The van der Waals surface area contributed by atoms with Crippen LogP contribution in [-0.4, -0.2) is 40.7 Å². The van der Waals surface area contributed by atoms with Gasteiger partial charge in [-0.3, -0.25) is 14.4 Å². The number of hydrogen-bond donors (Lipinski definition) is 1. The first kappa shape index (κ1) is 25.8. The third-order valence-corrected chi connectivity index (χ3v) is 8.30. The van der Waals surface area contributed by atoms with E-state index >= 15 is 0 Å². The summed E-state index contributed by atoms with van der Waals surface area (Å²) in [7, 11) is 0. The van der Waals surface area contributed by atoms with Crippen molar-refractivity contribution in [2.24, 2.45) is 0 Å². The lowest BCUT2D eigenvalue weighted by molar-refractivity contribution is -0.119. The Morgan fingerprint density at radius 1 is 0.976 bits per heavy atom. The summed E-state index contributed by atoms with van der Waals surface area (Å²) in [5, 5.41) is 4.73. The van der Waals surface area contributed by atoms with Crippen molar-refractivity contribution >= 4 is 46.8 Å². The summed E-state index contributed by atoms with van der Waals surface area (Å²) in [6.07, 6.45) is 7.00. The summed E-state index contributed by atoms with van der Waals surface area (Å²) in [5.41, 5.74) is 6.03. The zero-order chi connectivity index (χ0) is 29.0. The number of amides is 1. The molecule has 4 aromatic rings. The van der Waals surface area contributed by atoms with Crippen molar-refractivity contribution in [1.82, 2.24) is 9.97 Å². The predicted octanol–water partition coefficient (Wildman–Crippen LogP) is 3.96. The molecule has 0 spiro atoms. The SMILES string of the molecule is CC(C)c1ccc(NC(=O)CN2CN(C3C(=O)CC=c4c3ccc3c4=CC(=O)c4ccccc4-3)c3ncncc32)cc1. The van der Waals surface area contributed by atoms with Crippen molar-refractivity contribution in [2.45, 2.75) is 32.2 Å². The largest absolute Gasteiger partial charge is 0.340 e. The minimum atomic E-state index is -0.610. The van der Waals surface area contributed by atoms with E-state index in [9.17, 15) is 14.4 Å². The first-order valence-electron chi connectivity index (χ1n) is 14.1. The van der Waals surface area contributed by atoms with Crippen LogP contribution in [0.15, 0.2) is 73.2 Å². The molecule has 8 nitrogen and oxygen atoms in total. The maximum Gasteiger partial charge on any atom is 0.243 e. The third-order valence-electron chi connectivity index (χ3n) is 8.30. The van der Waals surface area contributed by atoms with Crippen molar-refractivity contribution in [3.63, 3.8) is 0 Å². The van der Waals surface area contributed by atoms with E-state index in [2.05, 4.69) is 29.1 Å². The quantitative estimate of drug-likeness (QED) is 0.398. The van der Waals surface area contributed by atoms with Gasteiger partial charge in [0, 0.05) is 17.7 Å². The van der Waals surface area contributed by atoms with Gasteiger partial charge >= 0.3 is 0 Å². The van der Waals surface area contributed by atoms with E-state index in [-0.39, 0.29) is 30.4 Å². The molecule has 1 aromatic heterocycles. The van der Waals surface area contributed by atoms with E-state index in [1.165, 1.54) is 11.9 Å². The fraction of sp³-hybridized carbons (Fsp3) is 0.206. The second-order valence-corrected chi connectivity index (χ2v) is 11.2. The Kier molecular flexibility index (Phi) is 6.19. The molecule has 1 N–H and O–H groups in total. The predicted molar refractivity (Wildman–Crippen MR) is 163 cm³/mol. The molecule has 3 aliphatic rings. The molecule has 0 radical (unpaired) electrons. The highest BCUT2D eigenvalue weighted by atomic mass is 16.2. The number of hydrogen-bond acceptors (Lipinski definition) is 7. The lowest BCUT2D eigenvalue weighted by atomic mass is 9.84. The van der Waals surface area contributed by atoms with Crippen LogP contribution in [0.5, 0.6) is 0 Å². The molecule has 0 saturated heterocycles. The molecule has 1 aliphatic heterocycles. The fourth-order valence-electron chi connectivity index (χ4n) is 6.23. The Balaban J connectivity index is 1.20. The van der Waals surface area contributed by atoms with Crippen LogP contribution >= 0.6 is 0 Å². The molecular weight excluding hydrogens is 526 g/mol. The van der Waals surface area contributed by atoms with E-state index < -0.39 is 6.04 Å². The molecular formula is C34H29N5O3. The summed E-state index contributed by atoms with van der Waals surface area (Å²) in [6, 6.07) is 18.9. The van der Waals surface area contributed by atoms with Crippen molar-refractivity contribution in [3.05, 3.63) is 100 Å². The summed E-state index contributed by atoms with van der Waals surface area (Å²) in [4.78, 5) is 52.3. The summed E-state index contributed by atoms with van der Waals surface area (Å²) in [5.74, 6) is 0.836. The molecule has 1 amide bonds. The number of carbonyl (C=O) groups excluding carboxylic acids is 3. The molecule has 3 aromatic carbocycles. The van der Waals surface area contributed by atoms with Gasteiger partial charge < -0.3 is 15.1 Å². The molecule has 7 rings (SSSR count). The molecule has 0 bridgehead atoms. The van der Waals surface area contributed by atoms with Crippen LogP contribution < -0.4 is 25.6 Å². The summed E-state index contributed by atoms with van der Waals surface area (Å²) in [6.45, 7) is 4.63. The first-order chi connectivity index (χ1) is 20.4. The van der Waals surface area contributed by atoms with Gasteiger partial charge in [-0.25, -0.2) is 9.97 Å². The van der Waals surface area contributed by atoms with E-state index in [0.717, 1.165) is 32.8 Å². The number of carbonyl (C=O) groups is 3. The number of fused-ring (bicyclic) bond motifs is 6. The number of anilines is 3. The summed E-state index contributed by atoms with van der Waals surface area (Å²) >= 11 is 0. The van der Waals surface area contributed by atoms with Gasteiger partial charge in [-0.2, -0.15) is 0 Å². The Hall–Kier alpha value is -5.11. The van der Waals surface area contributed by atoms with Gasteiger partial charge in [-0.15, -0.1) is 0 Å². The number of Topliss-reactive ketones (excluding diaryl/α,β-unsaturated/α-hetero) is 2. The van der Waals surface area contributed by atoms with Gasteiger partial charge in [0.15, 0.2) is 17.4 Å². The van der Waals surface area contributed by atoms with E-state index in [1.807, 2.05) is 76.5 Å². The van der Waals surface area contributed by atoms with Crippen molar-refractivity contribution in [2.75, 3.05) is 28.3 Å². The lowest BCUT2D eigenvalue weighted by Gasteiger charge is -2.31. The van der Waals surface area contributed by atoms with Crippen LogP contribution in [0.2, 0.25) is 0 Å². The smallest absolute Gasteiger partial charge is 0.243 e. The van der Waals surface area contributed by atoms with Gasteiger partial charge in [-0.1, -0.05) is 68.5 Å². The zero-order valence-electron chi connectivity index (χ0n) is 23.4. The number of ketones is 2. The number of rotatable bonds is 5. The highest BCUT2D eigenvalue weighted by molar-refractivity contribution is 6.22. The van der Waals surface area contributed by atoms with Crippen LogP contribution in [0.4, 0.5) is 17.2 Å². The zero-order valence-corrected chi connectivity index (χ0v) is 23.4. The Labute approximate surface area is 243 Å². The topological polar surface area (TPSA) is 95.5 Å². The monoisotopic (exact) mass is 555 g/mol. The van der Waals surface area contributed by atoms with Crippen LogP contribution in [0.25, 0.3) is 23.3 Å². The van der Waals surface area contributed by atoms with Gasteiger partial charge in [0.2, 0.25) is 5.91 Å². The van der Waals surface area contributed by atoms with Crippen LogP contribution in [0.3, 0.4) is 0 Å². The van der Waals surface area contributed by atoms with Gasteiger partial charge in [0.1, 0.15) is 18.1 Å². The van der Waals surface area contributed by atoms with Crippen LogP contribution in [0, 0.1) is 0 Å². The third kappa shape index (κ3) is 4.27. The highest BCUT2D eigenvalue weighted by Crippen LogP contribution is 2.39. The highest BCUT2D eigenvalue weighted by Gasteiger charge is 2.39. The van der Waals surface area contributed by atoms with E-state index in [0.29, 0.717) is 29.7 Å². The Bertz CT molecular complexity index is 1900. The average molecular weight is 556 g/mol. The van der Waals surface area contributed by atoms with E-state index in [1.54, 1.807) is 12.3 Å². The molecule has 42 heavy (non-hydrogen) atoms. The molecule has 1 atom stereocenters. The first-order valence-corrected chi connectivity index (χ1v) is 14.1. The molecule has 208 valence electrons. The van der Waals surface area contributed by atoms with Crippen molar-refractivity contribution < 1.29 is 14.4 Å². The maximum absolute atomic E-state index is 13.5. The molecule has 2 heterocycles. The maximum atomic E-state index is 13.5. The van der Waals surface area contributed by atoms with Gasteiger partial charge in [0.25, 0.3) is 0 Å². The number of aromatic nitrogens is 2. The second-order valence-electron chi connectivity index (χ2n) is 11.2. The molecule has 0 fully saturated rings. The second kappa shape index (κ2) is 10.1. The fourth-order valence-corrected chi connectivity index (χ4v) is 6.23. The van der Waals surface area contributed by atoms with E-state index in [4.69, 9.17) is 0 Å². The average Bonchev–Trinajstić information content (AvgIpc) is 3.34. The van der Waals surface area contributed by atoms with Crippen molar-refractivity contribution in [3.8, 4) is 11.1 Å². The van der Waals surface area contributed by atoms with Crippen molar-refractivity contribution in [1.29, 1.82) is 0 Å². The minimum absolute atomic E-state index is 0.0334. The lowest BCUT2D eigenvalue weighted by Crippen LogP contribution is -2.46. The minimum Gasteiger partial charge on any atom is -0.340 e. The van der Waals surface area contributed by atoms with Crippen LogP contribution in [-0.2, 0) is 9.59 Å². The molecule has 2 aliphatic carbocycles. The summed E-state index contributed by atoms with van der Waals surface area (Å²) < 4.78 is 0. The Morgan fingerprint density at radius 2 is 1.76 bits per heavy atom. The van der Waals surface area contributed by atoms with Gasteiger partial charge in [0.05, 0.1) is 19.4 Å². The van der Waals surface area contributed by atoms with Crippen LogP contribution in [0.1, 0.15) is 53.7 Å². The molecule has 1 unspecified atom stereocenters. The number of nitrogens with one attached hydrogen (secondary N) is 1. The number of nitrogens with zero attached hydrogens (tertiary/aromatic N) is 4. The van der Waals surface area contributed by atoms with Gasteiger partial charge in [-0.05, 0) is 56.8 Å². The molecule has 8 heteroatoms. The Morgan fingerprint density at radius 3 is 2.55 bits per heavy atom. The standard InChI is InChI=1S/C34H29N5O3/c1-20(2)21-7-9-22(10-8-21)37-32(42)17-38-19-39(34-29(38)16-35-18-36-34)33-27-12-11-24-23-5-3-4-6-26(23)31(41)15-28(24)25(27)13-14-30(33)40/h3-13,15-16,18,20,33H,14,17,19H2,1-2H3,(H,37,42). The molecule has 0 saturated carbocycles.